The molecule has 2 aliphatic rings. The third-order valence-electron chi connectivity index (χ3n) is 5.31. The molecule has 1 unspecified atom stereocenters. The molecular weight excluding hydrogens is 404 g/mol. The van der Waals surface area contributed by atoms with Crippen LogP contribution in [0, 0.1) is 0 Å². The summed E-state index contributed by atoms with van der Waals surface area (Å²) in [7, 11) is -6.99. The van der Waals surface area contributed by atoms with Gasteiger partial charge in [-0.1, -0.05) is 0 Å². The van der Waals surface area contributed by atoms with Crippen LogP contribution in [0.3, 0.4) is 0 Å². The Labute approximate surface area is 166 Å². The van der Waals surface area contributed by atoms with Crippen molar-refractivity contribution in [1.29, 1.82) is 0 Å². The Balaban J connectivity index is 1.68. The summed E-state index contributed by atoms with van der Waals surface area (Å²) in [6.45, 7) is 5.51. The molecule has 3 rings (SSSR count). The van der Waals surface area contributed by atoms with Gasteiger partial charge in [0.2, 0.25) is 26.0 Å². The van der Waals surface area contributed by atoms with E-state index in [2.05, 4.69) is 0 Å². The maximum absolute atomic E-state index is 12.9. The molecule has 1 atom stereocenters. The van der Waals surface area contributed by atoms with Gasteiger partial charge in [0, 0.05) is 37.9 Å². The molecule has 156 valence electrons. The Morgan fingerprint density at radius 2 is 1.79 bits per heavy atom. The second-order valence-electron chi connectivity index (χ2n) is 7.23. The first kappa shape index (κ1) is 21.2. The highest BCUT2D eigenvalue weighted by Gasteiger charge is 2.33. The third kappa shape index (κ3) is 4.23. The molecular formula is C17H26N4O5S2. The molecule has 2 heterocycles. The SMILES string of the molecule is CCS(=O)(=O)N1CCN(CC(=O)N2c3ccc(S(N)(=O)=O)cc3CC2C)CC1. The number of sulfonamides is 2. The summed E-state index contributed by atoms with van der Waals surface area (Å²) in [5, 5.41) is 5.19. The number of nitrogens with zero attached hydrogens (tertiary/aromatic N) is 3. The number of primary sulfonamides is 1. The normalized spacial score (nSPS) is 21.7. The Bertz CT molecular complexity index is 969. The summed E-state index contributed by atoms with van der Waals surface area (Å²) >= 11 is 0. The molecule has 2 N–H and O–H groups in total. The molecule has 0 bridgehead atoms. The van der Waals surface area contributed by atoms with Gasteiger partial charge in [0.15, 0.2) is 0 Å². The van der Waals surface area contributed by atoms with Crippen molar-refractivity contribution < 1.29 is 21.6 Å². The van der Waals surface area contributed by atoms with Crippen molar-refractivity contribution in [2.45, 2.75) is 31.2 Å². The Hall–Kier alpha value is -1.53. The van der Waals surface area contributed by atoms with E-state index in [9.17, 15) is 21.6 Å². The average molecular weight is 431 g/mol. The summed E-state index contributed by atoms with van der Waals surface area (Å²) in [4.78, 5) is 16.6. The predicted octanol–water partition coefficient (Wildman–Crippen LogP) is -0.421. The standard InChI is InChI=1S/C17H26N4O5S2/c1-3-27(23,24)20-8-6-19(7-9-20)12-17(22)21-13(2)10-14-11-15(28(18,25)26)4-5-16(14)21/h4-5,11,13H,3,6-10,12H2,1-2H3,(H2,18,25,26). The second-order valence-corrected chi connectivity index (χ2v) is 11.0. The summed E-state index contributed by atoms with van der Waals surface area (Å²) in [6.07, 6.45) is 0.562. The zero-order valence-corrected chi connectivity index (χ0v) is 17.7. The molecule has 0 radical (unpaired) electrons. The lowest BCUT2D eigenvalue weighted by molar-refractivity contribution is -0.120. The lowest BCUT2D eigenvalue weighted by Gasteiger charge is -2.34. The molecule has 1 aromatic carbocycles. The fourth-order valence-electron chi connectivity index (χ4n) is 3.78. The molecule has 1 saturated heterocycles. The first-order chi connectivity index (χ1) is 13.0. The van der Waals surface area contributed by atoms with Gasteiger partial charge in [-0.3, -0.25) is 9.69 Å². The zero-order chi connectivity index (χ0) is 20.7. The number of hydrogen-bond acceptors (Lipinski definition) is 6. The van der Waals surface area contributed by atoms with E-state index < -0.39 is 20.0 Å². The molecule has 28 heavy (non-hydrogen) atoms. The number of fused-ring (bicyclic) bond motifs is 1. The van der Waals surface area contributed by atoms with Gasteiger partial charge >= 0.3 is 0 Å². The Morgan fingerprint density at radius 3 is 2.36 bits per heavy atom. The van der Waals surface area contributed by atoms with E-state index in [0.29, 0.717) is 38.3 Å². The summed E-state index contributed by atoms with van der Waals surface area (Å²) < 4.78 is 48.5. The van der Waals surface area contributed by atoms with Crippen LogP contribution < -0.4 is 10.0 Å². The Kier molecular flexibility index (Phi) is 5.84. The summed E-state index contributed by atoms with van der Waals surface area (Å²) in [6, 6.07) is 4.49. The van der Waals surface area contributed by atoms with Gasteiger partial charge in [0.05, 0.1) is 17.2 Å². The minimum Gasteiger partial charge on any atom is -0.308 e. The molecule has 2 aliphatic heterocycles. The fraction of sp³-hybridized carbons (Fsp3) is 0.588. The zero-order valence-electron chi connectivity index (χ0n) is 16.0. The summed E-state index contributed by atoms with van der Waals surface area (Å²) in [5.74, 6) is -0.00414. The summed E-state index contributed by atoms with van der Waals surface area (Å²) in [5.41, 5.74) is 1.49. The van der Waals surface area contributed by atoms with E-state index in [0.717, 1.165) is 5.56 Å². The number of carbonyl (C=O) groups excluding carboxylic acids is 1. The number of anilines is 1. The van der Waals surface area contributed by atoms with Crippen molar-refractivity contribution in [3.63, 3.8) is 0 Å². The molecule has 11 heteroatoms. The number of nitrogens with two attached hydrogens (primary N) is 1. The van der Waals surface area contributed by atoms with Crippen molar-refractivity contribution in [3.8, 4) is 0 Å². The molecule has 9 nitrogen and oxygen atoms in total. The minimum atomic E-state index is -3.79. The van der Waals surface area contributed by atoms with E-state index in [1.165, 1.54) is 16.4 Å². The van der Waals surface area contributed by atoms with Gasteiger partial charge in [0.25, 0.3) is 0 Å². The minimum absolute atomic E-state index is 0.0426. The van der Waals surface area contributed by atoms with Gasteiger partial charge < -0.3 is 4.90 Å². The van der Waals surface area contributed by atoms with Crippen LogP contribution in [-0.2, 0) is 31.3 Å². The fourth-order valence-corrected chi connectivity index (χ4v) is 5.43. The van der Waals surface area contributed by atoms with E-state index in [1.54, 1.807) is 17.9 Å². The van der Waals surface area contributed by atoms with E-state index in [4.69, 9.17) is 5.14 Å². The van der Waals surface area contributed by atoms with Crippen molar-refractivity contribution >= 4 is 31.6 Å². The van der Waals surface area contributed by atoms with E-state index in [1.807, 2.05) is 11.8 Å². The number of hydrogen-bond donors (Lipinski definition) is 1. The van der Waals surface area contributed by atoms with Gasteiger partial charge in [-0.05, 0) is 44.0 Å². The van der Waals surface area contributed by atoms with Crippen LogP contribution in [0.2, 0.25) is 0 Å². The van der Waals surface area contributed by atoms with Crippen LogP contribution in [0.25, 0.3) is 0 Å². The quantitative estimate of drug-likeness (QED) is 0.677. The molecule has 1 fully saturated rings. The molecule has 0 aromatic heterocycles. The van der Waals surface area contributed by atoms with Crippen LogP contribution in [0.4, 0.5) is 5.69 Å². The molecule has 1 aromatic rings. The topological polar surface area (TPSA) is 121 Å². The van der Waals surface area contributed by atoms with Crippen molar-refractivity contribution in [2.75, 3.05) is 43.4 Å². The van der Waals surface area contributed by atoms with E-state index >= 15 is 0 Å². The third-order valence-corrected chi connectivity index (χ3v) is 8.10. The second kappa shape index (κ2) is 7.71. The number of amides is 1. The first-order valence-corrected chi connectivity index (χ1v) is 12.4. The van der Waals surface area contributed by atoms with Crippen molar-refractivity contribution in [3.05, 3.63) is 23.8 Å². The number of piperazine rings is 1. The molecule has 0 saturated carbocycles. The largest absolute Gasteiger partial charge is 0.308 e. The van der Waals surface area contributed by atoms with Crippen molar-refractivity contribution in [1.82, 2.24) is 9.21 Å². The predicted molar refractivity (Wildman–Crippen MR) is 106 cm³/mol. The maximum atomic E-state index is 12.9. The average Bonchev–Trinajstić information content (AvgIpc) is 2.96. The van der Waals surface area contributed by atoms with Gasteiger partial charge in [-0.15, -0.1) is 0 Å². The molecule has 0 spiro atoms. The van der Waals surface area contributed by atoms with Gasteiger partial charge in [-0.25, -0.2) is 22.0 Å². The first-order valence-electron chi connectivity index (χ1n) is 9.21. The highest BCUT2D eigenvalue weighted by atomic mass is 32.2. The van der Waals surface area contributed by atoms with Crippen LogP contribution in [0.15, 0.2) is 23.1 Å². The van der Waals surface area contributed by atoms with Gasteiger partial charge in [-0.2, -0.15) is 4.31 Å². The number of rotatable bonds is 5. The van der Waals surface area contributed by atoms with Crippen LogP contribution in [0.5, 0.6) is 0 Å². The van der Waals surface area contributed by atoms with Crippen LogP contribution in [0.1, 0.15) is 19.4 Å². The number of benzene rings is 1. The number of carbonyl (C=O) groups is 1. The lowest BCUT2D eigenvalue weighted by Crippen LogP contribution is -2.52. The van der Waals surface area contributed by atoms with Crippen LogP contribution >= 0.6 is 0 Å². The van der Waals surface area contributed by atoms with Crippen molar-refractivity contribution in [2.24, 2.45) is 5.14 Å². The maximum Gasteiger partial charge on any atom is 0.241 e. The molecule has 0 aliphatic carbocycles. The highest BCUT2D eigenvalue weighted by molar-refractivity contribution is 7.89. The molecule has 1 amide bonds. The Morgan fingerprint density at radius 1 is 1.14 bits per heavy atom. The highest BCUT2D eigenvalue weighted by Crippen LogP contribution is 2.33. The van der Waals surface area contributed by atoms with E-state index in [-0.39, 0.29) is 29.1 Å². The monoisotopic (exact) mass is 430 g/mol. The van der Waals surface area contributed by atoms with Crippen LogP contribution in [-0.4, -0.2) is 76.5 Å². The van der Waals surface area contributed by atoms with Gasteiger partial charge in [0.1, 0.15) is 0 Å². The lowest BCUT2D eigenvalue weighted by atomic mass is 10.1. The smallest absolute Gasteiger partial charge is 0.241 e.